The van der Waals surface area contributed by atoms with E-state index in [0.717, 1.165) is 38.6 Å². The molecule has 168 valence electrons. The molecule has 2 fully saturated rings. The lowest BCUT2D eigenvalue weighted by molar-refractivity contribution is -0.269. The Morgan fingerprint density at radius 3 is 2.30 bits per heavy atom. The van der Waals surface area contributed by atoms with Crippen molar-refractivity contribution in [2.75, 3.05) is 40.1 Å². The van der Waals surface area contributed by atoms with E-state index in [-0.39, 0.29) is 22.8 Å². The summed E-state index contributed by atoms with van der Waals surface area (Å²) in [7, 11) is 0.148. The summed E-state index contributed by atoms with van der Waals surface area (Å²) in [5.74, 6) is -0.628. The van der Waals surface area contributed by atoms with Crippen LogP contribution in [0.5, 0.6) is 0 Å². The molecule has 2 aliphatic rings. The van der Waals surface area contributed by atoms with Crippen molar-refractivity contribution in [2.45, 2.75) is 55.2 Å². The van der Waals surface area contributed by atoms with Gasteiger partial charge in [-0.15, -0.1) is 0 Å². The van der Waals surface area contributed by atoms with Crippen LogP contribution in [0.4, 0.5) is 0 Å². The molecule has 1 N–H and O–H groups in total. The SMILES string of the molecule is COC1(OC)CCCC(CNC(=O)c2ccc(S(C)(=O)=O)cc2)C1N1CCCCC1. The van der Waals surface area contributed by atoms with E-state index in [1.54, 1.807) is 26.4 Å². The van der Waals surface area contributed by atoms with Gasteiger partial charge in [0.05, 0.1) is 10.9 Å². The number of piperidine rings is 1. The molecule has 2 atom stereocenters. The number of amides is 1. The van der Waals surface area contributed by atoms with Gasteiger partial charge < -0.3 is 14.8 Å². The number of sulfone groups is 1. The molecule has 8 heteroatoms. The van der Waals surface area contributed by atoms with Crippen molar-refractivity contribution in [3.8, 4) is 0 Å². The Balaban J connectivity index is 1.72. The molecule has 0 spiro atoms. The smallest absolute Gasteiger partial charge is 0.251 e. The Morgan fingerprint density at radius 2 is 1.73 bits per heavy atom. The monoisotopic (exact) mass is 438 g/mol. The van der Waals surface area contributed by atoms with E-state index in [9.17, 15) is 13.2 Å². The molecular formula is C22H34N2O5S. The van der Waals surface area contributed by atoms with E-state index in [1.165, 1.54) is 31.4 Å². The highest BCUT2D eigenvalue weighted by atomic mass is 32.2. The van der Waals surface area contributed by atoms with Crippen LogP contribution in [0.25, 0.3) is 0 Å². The summed E-state index contributed by atoms with van der Waals surface area (Å²) in [6.45, 7) is 2.58. The van der Waals surface area contributed by atoms with Crippen LogP contribution in [0, 0.1) is 5.92 Å². The van der Waals surface area contributed by atoms with Crippen LogP contribution in [0.3, 0.4) is 0 Å². The molecule has 0 radical (unpaired) electrons. The van der Waals surface area contributed by atoms with Crippen molar-refractivity contribution in [2.24, 2.45) is 5.92 Å². The Morgan fingerprint density at radius 1 is 1.10 bits per heavy atom. The van der Waals surface area contributed by atoms with Gasteiger partial charge in [0, 0.05) is 39.0 Å². The molecule has 7 nitrogen and oxygen atoms in total. The van der Waals surface area contributed by atoms with Gasteiger partial charge in [0.15, 0.2) is 15.6 Å². The number of carbonyl (C=O) groups is 1. The number of methoxy groups -OCH3 is 2. The number of likely N-dealkylation sites (tertiary alicyclic amines) is 1. The molecule has 1 aliphatic carbocycles. The first-order valence-electron chi connectivity index (χ1n) is 10.7. The normalized spacial score (nSPS) is 25.0. The van der Waals surface area contributed by atoms with Gasteiger partial charge in [-0.1, -0.05) is 6.42 Å². The fraction of sp³-hybridized carbons (Fsp3) is 0.682. The molecule has 1 aromatic carbocycles. The number of nitrogens with zero attached hydrogens (tertiary/aromatic N) is 1. The largest absolute Gasteiger partial charge is 0.352 e. The molecule has 1 saturated heterocycles. The summed E-state index contributed by atoms with van der Waals surface area (Å²) in [6.07, 6.45) is 7.58. The zero-order chi connectivity index (χ0) is 21.8. The van der Waals surface area contributed by atoms with E-state index in [2.05, 4.69) is 10.2 Å². The number of hydrogen-bond acceptors (Lipinski definition) is 6. The van der Waals surface area contributed by atoms with Gasteiger partial charge >= 0.3 is 0 Å². The number of rotatable bonds is 7. The van der Waals surface area contributed by atoms with E-state index < -0.39 is 15.6 Å². The Bertz CT molecular complexity index is 814. The first-order valence-corrected chi connectivity index (χ1v) is 12.6. The van der Waals surface area contributed by atoms with E-state index in [1.807, 2.05) is 0 Å². The number of carbonyl (C=O) groups excluding carboxylic acids is 1. The zero-order valence-corrected chi connectivity index (χ0v) is 19.0. The summed E-state index contributed by atoms with van der Waals surface area (Å²) >= 11 is 0. The maximum Gasteiger partial charge on any atom is 0.251 e. The molecular weight excluding hydrogens is 404 g/mol. The zero-order valence-electron chi connectivity index (χ0n) is 18.2. The first kappa shape index (κ1) is 23.2. The summed E-state index contributed by atoms with van der Waals surface area (Å²) in [6, 6.07) is 6.16. The third-order valence-electron chi connectivity index (χ3n) is 6.54. The predicted molar refractivity (Wildman–Crippen MR) is 115 cm³/mol. The minimum absolute atomic E-state index is 0.0921. The molecule has 1 saturated carbocycles. The van der Waals surface area contributed by atoms with Gasteiger partial charge in [0.2, 0.25) is 0 Å². The van der Waals surface area contributed by atoms with Crippen LogP contribution in [-0.2, 0) is 19.3 Å². The summed E-state index contributed by atoms with van der Waals surface area (Å²) in [5, 5.41) is 3.06. The van der Waals surface area contributed by atoms with Gasteiger partial charge in [-0.05, 0) is 69.0 Å². The fourth-order valence-electron chi connectivity index (χ4n) is 4.97. The lowest BCUT2D eigenvalue weighted by Gasteiger charge is -2.51. The maximum atomic E-state index is 12.7. The standard InChI is InChI=1S/C22H34N2O5S/c1-28-22(29-2)13-7-8-18(20(22)24-14-5-4-6-15-24)16-23-21(25)17-9-11-19(12-10-17)30(3,26)27/h9-12,18,20H,4-8,13-16H2,1-3H3,(H,23,25). The van der Waals surface area contributed by atoms with Gasteiger partial charge in [-0.3, -0.25) is 9.69 Å². The average Bonchev–Trinajstić information content (AvgIpc) is 2.77. The number of ether oxygens (including phenoxy) is 2. The second kappa shape index (κ2) is 9.77. The summed E-state index contributed by atoms with van der Waals surface area (Å²) < 4.78 is 35.1. The highest BCUT2D eigenvalue weighted by Crippen LogP contribution is 2.40. The van der Waals surface area contributed by atoms with Crippen LogP contribution in [0.15, 0.2) is 29.2 Å². The molecule has 2 unspecified atom stereocenters. The van der Waals surface area contributed by atoms with Crippen molar-refractivity contribution < 1.29 is 22.7 Å². The van der Waals surface area contributed by atoms with Crippen molar-refractivity contribution in [3.05, 3.63) is 29.8 Å². The highest BCUT2D eigenvalue weighted by molar-refractivity contribution is 7.90. The van der Waals surface area contributed by atoms with E-state index in [4.69, 9.17) is 9.47 Å². The van der Waals surface area contributed by atoms with Gasteiger partial charge in [-0.25, -0.2) is 8.42 Å². The number of nitrogens with one attached hydrogen (secondary N) is 1. The fourth-order valence-corrected chi connectivity index (χ4v) is 5.60. The van der Waals surface area contributed by atoms with Crippen LogP contribution in [0.1, 0.15) is 48.9 Å². The second-order valence-electron chi connectivity index (χ2n) is 8.42. The van der Waals surface area contributed by atoms with Crippen molar-refractivity contribution in [1.29, 1.82) is 0 Å². The van der Waals surface area contributed by atoms with E-state index >= 15 is 0 Å². The lowest BCUT2D eigenvalue weighted by atomic mass is 9.78. The molecule has 1 aliphatic heterocycles. The van der Waals surface area contributed by atoms with Crippen LogP contribution >= 0.6 is 0 Å². The Labute approximate surface area is 180 Å². The van der Waals surface area contributed by atoms with Crippen LogP contribution in [0.2, 0.25) is 0 Å². The minimum atomic E-state index is -3.28. The highest BCUT2D eigenvalue weighted by Gasteiger charge is 2.49. The average molecular weight is 439 g/mol. The third kappa shape index (κ3) is 5.04. The molecule has 1 aromatic rings. The molecule has 0 aromatic heterocycles. The predicted octanol–water partition coefficient (Wildman–Crippen LogP) is 2.46. The summed E-state index contributed by atoms with van der Waals surface area (Å²) in [5.41, 5.74) is 0.456. The van der Waals surface area contributed by atoms with Crippen molar-refractivity contribution in [3.63, 3.8) is 0 Å². The van der Waals surface area contributed by atoms with Gasteiger partial charge in [0.1, 0.15) is 0 Å². The number of benzene rings is 1. The van der Waals surface area contributed by atoms with E-state index in [0.29, 0.717) is 12.1 Å². The third-order valence-corrected chi connectivity index (χ3v) is 7.67. The topological polar surface area (TPSA) is 84.9 Å². The van der Waals surface area contributed by atoms with Crippen molar-refractivity contribution in [1.82, 2.24) is 10.2 Å². The van der Waals surface area contributed by atoms with Crippen molar-refractivity contribution >= 4 is 15.7 Å². The second-order valence-corrected chi connectivity index (χ2v) is 10.4. The summed E-state index contributed by atoms with van der Waals surface area (Å²) in [4.78, 5) is 15.4. The van der Waals surface area contributed by atoms with Crippen LogP contribution in [-0.4, -0.2) is 71.2 Å². The van der Waals surface area contributed by atoms with Crippen LogP contribution < -0.4 is 5.32 Å². The molecule has 30 heavy (non-hydrogen) atoms. The molecule has 0 bridgehead atoms. The Kier molecular flexibility index (Phi) is 7.55. The minimum Gasteiger partial charge on any atom is -0.352 e. The lowest BCUT2D eigenvalue weighted by Crippen LogP contribution is -2.63. The molecule has 1 amide bonds. The maximum absolute atomic E-state index is 12.7. The van der Waals surface area contributed by atoms with Gasteiger partial charge in [-0.2, -0.15) is 0 Å². The molecule has 3 rings (SSSR count). The first-order chi connectivity index (χ1) is 14.3. The number of hydrogen-bond donors (Lipinski definition) is 1. The molecule has 1 heterocycles. The van der Waals surface area contributed by atoms with Gasteiger partial charge in [0.25, 0.3) is 5.91 Å². The Hall–Kier alpha value is -1.48. The quantitative estimate of drug-likeness (QED) is 0.659.